The molecular weight excluding hydrogens is 381 g/mol. The van der Waals surface area contributed by atoms with Crippen LogP contribution < -0.4 is 10.7 Å². The van der Waals surface area contributed by atoms with Crippen LogP contribution in [-0.4, -0.2) is 48.3 Å². The van der Waals surface area contributed by atoms with Crippen LogP contribution in [0.5, 0.6) is 0 Å². The summed E-state index contributed by atoms with van der Waals surface area (Å²) < 4.78 is 18.6. The highest BCUT2D eigenvalue weighted by atomic mass is 35.5. The Morgan fingerprint density at radius 2 is 2.18 bits per heavy atom. The smallest absolute Gasteiger partial charge is 0.170 e. The summed E-state index contributed by atoms with van der Waals surface area (Å²) >= 11 is 6.22. The van der Waals surface area contributed by atoms with E-state index in [4.69, 9.17) is 16.1 Å². The quantitative estimate of drug-likeness (QED) is 0.717. The Kier molecular flexibility index (Phi) is 5.73. The number of hydrogen-bond acceptors (Lipinski definition) is 6. The Labute approximate surface area is 168 Å². The molecule has 0 aliphatic carbocycles. The molecule has 0 saturated carbocycles. The maximum absolute atomic E-state index is 13.3. The number of nitrogens with zero attached hydrogens (tertiary/aromatic N) is 3. The van der Waals surface area contributed by atoms with Crippen molar-refractivity contribution in [3.63, 3.8) is 0 Å². The molecule has 1 aromatic heterocycles. The van der Waals surface area contributed by atoms with Gasteiger partial charge in [0, 0.05) is 43.4 Å². The van der Waals surface area contributed by atoms with E-state index < -0.39 is 0 Å². The second kappa shape index (κ2) is 8.41. The van der Waals surface area contributed by atoms with Crippen molar-refractivity contribution in [2.24, 2.45) is 0 Å². The maximum Gasteiger partial charge on any atom is 0.170 e. The van der Waals surface area contributed by atoms with Gasteiger partial charge in [-0.15, -0.1) is 0 Å². The molecule has 0 unspecified atom stereocenters. The van der Waals surface area contributed by atoms with Gasteiger partial charge in [0.05, 0.1) is 16.4 Å². The third kappa shape index (κ3) is 4.25. The molecule has 3 heterocycles. The first-order valence-corrected chi connectivity index (χ1v) is 10.1. The fourth-order valence-corrected chi connectivity index (χ4v) is 4.10. The number of hydrogen-bond donors (Lipinski definition) is 2. The summed E-state index contributed by atoms with van der Waals surface area (Å²) in [5.41, 5.74) is 5.52. The highest BCUT2D eigenvalue weighted by Crippen LogP contribution is 2.32. The van der Waals surface area contributed by atoms with Gasteiger partial charge in [-0.05, 0) is 51.0 Å². The van der Waals surface area contributed by atoms with E-state index in [0.29, 0.717) is 16.5 Å². The first kappa shape index (κ1) is 19.1. The van der Waals surface area contributed by atoms with Crippen molar-refractivity contribution >= 4 is 22.6 Å². The van der Waals surface area contributed by atoms with Crippen LogP contribution in [0, 0.1) is 5.82 Å². The first-order valence-electron chi connectivity index (χ1n) is 9.68. The molecule has 2 aliphatic rings. The van der Waals surface area contributed by atoms with Gasteiger partial charge < -0.3 is 20.2 Å². The minimum Gasteiger partial charge on any atom is -0.383 e. The summed E-state index contributed by atoms with van der Waals surface area (Å²) in [6.45, 7) is 4.00. The lowest BCUT2D eigenvalue weighted by atomic mass is 9.91. The number of piperidine rings is 1. The largest absolute Gasteiger partial charge is 0.383 e. The fourth-order valence-electron chi connectivity index (χ4n) is 3.83. The van der Waals surface area contributed by atoms with Crippen LogP contribution in [0.15, 0.2) is 45.9 Å². The Balaban J connectivity index is 1.22. The molecule has 2 aliphatic heterocycles. The Morgan fingerprint density at radius 3 is 2.96 bits per heavy atom. The lowest BCUT2D eigenvalue weighted by Crippen LogP contribution is -2.35. The molecule has 0 atom stereocenters. The number of allylic oxidation sites excluding steroid dienone is 1. The van der Waals surface area contributed by atoms with Gasteiger partial charge in [0.2, 0.25) is 0 Å². The maximum atomic E-state index is 13.3. The second-order valence-electron chi connectivity index (χ2n) is 7.38. The number of likely N-dealkylation sites (tertiary alicyclic amines) is 1. The number of nitrogens with one attached hydrogen (secondary N) is 2. The molecule has 6 nitrogen and oxygen atoms in total. The number of benzene rings is 1. The summed E-state index contributed by atoms with van der Waals surface area (Å²) in [5, 5.41) is 11.1. The zero-order valence-electron chi connectivity index (χ0n) is 15.9. The predicted molar refractivity (Wildman–Crippen MR) is 108 cm³/mol. The van der Waals surface area contributed by atoms with Gasteiger partial charge in [0.15, 0.2) is 5.58 Å². The van der Waals surface area contributed by atoms with Crippen molar-refractivity contribution in [2.75, 3.05) is 33.2 Å². The summed E-state index contributed by atoms with van der Waals surface area (Å²) in [7, 11) is 1.90. The minimum atomic E-state index is -0.290. The molecule has 150 valence electrons. The first-order chi connectivity index (χ1) is 13.6. The zero-order valence-corrected chi connectivity index (χ0v) is 16.7. The van der Waals surface area contributed by atoms with E-state index in [2.05, 4.69) is 20.8 Å². The molecule has 28 heavy (non-hydrogen) atoms. The van der Waals surface area contributed by atoms with Crippen LogP contribution >= 0.6 is 11.6 Å². The third-order valence-corrected chi connectivity index (χ3v) is 5.68. The number of halogens is 2. The monoisotopic (exact) mass is 405 g/mol. The standard InChI is InChI=1S/C20H25ClFN5O/c1-26-13-17(21)18(12-24-26)23-7-2-8-27-9-5-14(6-10-27)20-16-4-3-15(22)11-19(16)28-25-20/h3-4,11-14,23-24H,2,5-10H2,1H3. The van der Waals surface area contributed by atoms with E-state index in [1.54, 1.807) is 6.07 Å². The van der Waals surface area contributed by atoms with Crippen LogP contribution in [0.3, 0.4) is 0 Å². The molecular formula is C20H25ClFN5O. The van der Waals surface area contributed by atoms with E-state index in [1.165, 1.54) is 12.1 Å². The van der Waals surface area contributed by atoms with Crippen LogP contribution in [0.25, 0.3) is 11.0 Å². The molecule has 0 radical (unpaired) electrons. The number of aromatic nitrogens is 1. The van der Waals surface area contributed by atoms with Gasteiger partial charge in [-0.2, -0.15) is 0 Å². The van der Waals surface area contributed by atoms with E-state index >= 15 is 0 Å². The van der Waals surface area contributed by atoms with E-state index in [0.717, 1.165) is 62.2 Å². The second-order valence-corrected chi connectivity index (χ2v) is 7.79. The zero-order chi connectivity index (χ0) is 19.5. The fraction of sp³-hybridized carbons (Fsp3) is 0.450. The predicted octanol–water partition coefficient (Wildman–Crippen LogP) is 3.50. The van der Waals surface area contributed by atoms with Crippen molar-refractivity contribution in [2.45, 2.75) is 25.2 Å². The van der Waals surface area contributed by atoms with Crippen LogP contribution in [0.2, 0.25) is 0 Å². The molecule has 2 N–H and O–H groups in total. The molecule has 1 aromatic carbocycles. The summed E-state index contributed by atoms with van der Waals surface area (Å²) in [6.07, 6.45) is 6.86. The van der Waals surface area contributed by atoms with Crippen molar-refractivity contribution in [1.29, 1.82) is 0 Å². The molecule has 0 bridgehead atoms. The van der Waals surface area contributed by atoms with Crippen LogP contribution in [0.1, 0.15) is 30.9 Å². The lowest BCUT2D eigenvalue weighted by molar-refractivity contribution is 0.207. The van der Waals surface area contributed by atoms with Crippen LogP contribution in [0.4, 0.5) is 4.39 Å². The van der Waals surface area contributed by atoms with Gasteiger partial charge in [0.1, 0.15) is 5.82 Å². The molecule has 0 amide bonds. The van der Waals surface area contributed by atoms with Gasteiger partial charge in [-0.3, -0.25) is 5.01 Å². The van der Waals surface area contributed by atoms with Crippen molar-refractivity contribution in [3.05, 3.63) is 52.8 Å². The average molecular weight is 406 g/mol. The molecule has 1 saturated heterocycles. The average Bonchev–Trinajstić information content (AvgIpc) is 3.10. The van der Waals surface area contributed by atoms with E-state index in [1.807, 2.05) is 24.5 Å². The summed E-state index contributed by atoms with van der Waals surface area (Å²) in [4.78, 5) is 2.48. The summed E-state index contributed by atoms with van der Waals surface area (Å²) in [6, 6.07) is 4.66. The van der Waals surface area contributed by atoms with Crippen LogP contribution in [-0.2, 0) is 0 Å². The van der Waals surface area contributed by atoms with E-state index in [-0.39, 0.29) is 5.82 Å². The SMILES string of the molecule is CN1C=C(Cl)C(NCCCN2CCC(c3noc4cc(F)ccc34)CC2)=CN1. The van der Waals surface area contributed by atoms with E-state index in [9.17, 15) is 4.39 Å². The molecule has 8 heteroatoms. The summed E-state index contributed by atoms with van der Waals surface area (Å²) in [5.74, 6) is 0.0858. The molecule has 0 spiro atoms. The normalized spacial score (nSPS) is 18.8. The highest BCUT2D eigenvalue weighted by Gasteiger charge is 2.25. The molecule has 4 rings (SSSR count). The third-order valence-electron chi connectivity index (χ3n) is 5.38. The van der Waals surface area contributed by atoms with Crippen molar-refractivity contribution in [1.82, 2.24) is 25.8 Å². The number of fused-ring (bicyclic) bond motifs is 1. The van der Waals surface area contributed by atoms with Gasteiger partial charge in [-0.1, -0.05) is 16.8 Å². The van der Waals surface area contributed by atoms with Gasteiger partial charge in [-0.25, -0.2) is 4.39 Å². The Bertz CT molecular complexity index is 888. The Hall–Kier alpha value is -2.25. The van der Waals surface area contributed by atoms with Gasteiger partial charge >= 0.3 is 0 Å². The lowest BCUT2D eigenvalue weighted by Gasteiger charge is -2.31. The Morgan fingerprint density at radius 1 is 1.36 bits per heavy atom. The van der Waals surface area contributed by atoms with Crippen molar-refractivity contribution in [3.8, 4) is 0 Å². The van der Waals surface area contributed by atoms with Gasteiger partial charge in [0.25, 0.3) is 0 Å². The number of hydrazine groups is 1. The molecule has 1 fully saturated rings. The highest BCUT2D eigenvalue weighted by molar-refractivity contribution is 6.31. The number of rotatable bonds is 6. The topological polar surface area (TPSA) is 56.6 Å². The minimum absolute atomic E-state index is 0.290. The van der Waals surface area contributed by atoms with Crippen molar-refractivity contribution < 1.29 is 8.91 Å². The molecule has 2 aromatic rings.